The van der Waals surface area contributed by atoms with Crippen molar-refractivity contribution in [3.63, 3.8) is 0 Å². The van der Waals surface area contributed by atoms with E-state index >= 15 is 0 Å². The van der Waals surface area contributed by atoms with Crippen molar-refractivity contribution in [3.8, 4) is 0 Å². The van der Waals surface area contributed by atoms with Gasteiger partial charge in [0.2, 0.25) is 11.8 Å². The van der Waals surface area contributed by atoms with Gasteiger partial charge >= 0.3 is 0 Å². The molecule has 3 amide bonds. The quantitative estimate of drug-likeness (QED) is 0.518. The second-order valence-electron chi connectivity index (χ2n) is 10.8. The van der Waals surface area contributed by atoms with Crippen LogP contribution >= 0.6 is 0 Å². The number of amides is 3. The van der Waals surface area contributed by atoms with Gasteiger partial charge in [-0.3, -0.25) is 19.2 Å². The van der Waals surface area contributed by atoms with E-state index in [0.717, 1.165) is 18.8 Å². The number of ketones is 1. The van der Waals surface area contributed by atoms with Gasteiger partial charge in [-0.15, -0.1) is 0 Å². The topological polar surface area (TPSA) is 90.0 Å². The standard InChI is InChI=1S/C29H40N4O4/c1-5-31(6-2)22-13-11-20(12-14-22)27(35)30-23(17-19(3)4)29(37)32-16-15-24-26(32)25(34)18-33(24)28(36)21-9-7-8-10-21/h7-8,11-14,19,21,23-24,26H,5-6,9-10,15-18H2,1-4H3,(H,30,35). The molecule has 8 nitrogen and oxygen atoms in total. The van der Waals surface area contributed by atoms with E-state index in [9.17, 15) is 19.2 Å². The number of nitrogens with one attached hydrogen (secondary N) is 1. The highest BCUT2D eigenvalue weighted by Gasteiger charge is 2.52. The molecule has 4 rings (SSSR count). The van der Waals surface area contributed by atoms with Crippen LogP contribution in [0.2, 0.25) is 0 Å². The number of allylic oxidation sites excluding steroid dienone is 2. The first-order chi connectivity index (χ1) is 17.7. The fourth-order valence-electron chi connectivity index (χ4n) is 5.96. The van der Waals surface area contributed by atoms with Gasteiger partial charge in [0, 0.05) is 36.8 Å². The minimum atomic E-state index is -0.731. The zero-order valence-corrected chi connectivity index (χ0v) is 22.5. The Morgan fingerprint density at radius 1 is 1.03 bits per heavy atom. The Morgan fingerprint density at radius 3 is 2.27 bits per heavy atom. The van der Waals surface area contributed by atoms with Crippen molar-refractivity contribution >= 4 is 29.2 Å². The normalized spacial score (nSPS) is 22.0. The smallest absolute Gasteiger partial charge is 0.251 e. The summed E-state index contributed by atoms with van der Waals surface area (Å²) in [5.41, 5.74) is 1.54. The molecule has 2 fully saturated rings. The zero-order valence-electron chi connectivity index (χ0n) is 22.5. The number of likely N-dealkylation sites (tertiary alicyclic amines) is 2. The van der Waals surface area contributed by atoms with Gasteiger partial charge < -0.3 is 20.0 Å². The molecule has 0 saturated carbocycles. The van der Waals surface area contributed by atoms with Crippen molar-refractivity contribution in [3.05, 3.63) is 42.0 Å². The summed E-state index contributed by atoms with van der Waals surface area (Å²) in [5.74, 6) is -0.539. The van der Waals surface area contributed by atoms with E-state index in [1.807, 2.05) is 38.1 Å². The van der Waals surface area contributed by atoms with E-state index in [-0.39, 0.29) is 47.9 Å². The molecule has 0 aromatic heterocycles. The fraction of sp³-hybridized carbons (Fsp3) is 0.586. The molecular formula is C29H40N4O4. The highest BCUT2D eigenvalue weighted by molar-refractivity contribution is 6.01. The Bertz CT molecular complexity index is 1040. The average molecular weight is 509 g/mol. The predicted octanol–water partition coefficient (Wildman–Crippen LogP) is 3.02. The molecule has 37 heavy (non-hydrogen) atoms. The van der Waals surface area contributed by atoms with Crippen LogP contribution in [0.3, 0.4) is 0 Å². The summed E-state index contributed by atoms with van der Waals surface area (Å²) >= 11 is 0. The van der Waals surface area contributed by atoms with Crippen molar-refractivity contribution in [2.45, 2.75) is 71.5 Å². The molecule has 3 aliphatic rings. The van der Waals surface area contributed by atoms with Gasteiger partial charge in [0.25, 0.3) is 5.91 Å². The summed E-state index contributed by atoms with van der Waals surface area (Å²) < 4.78 is 0. The summed E-state index contributed by atoms with van der Waals surface area (Å²) in [4.78, 5) is 58.5. The minimum Gasteiger partial charge on any atom is -0.372 e. The van der Waals surface area contributed by atoms with Crippen LogP contribution in [0.4, 0.5) is 5.69 Å². The van der Waals surface area contributed by atoms with E-state index in [2.05, 4.69) is 24.1 Å². The molecule has 8 heteroatoms. The highest BCUT2D eigenvalue weighted by Crippen LogP contribution is 2.33. The molecule has 2 saturated heterocycles. The summed E-state index contributed by atoms with van der Waals surface area (Å²) in [6.07, 6.45) is 6.51. The molecule has 1 aromatic carbocycles. The van der Waals surface area contributed by atoms with Crippen LogP contribution in [0.25, 0.3) is 0 Å². The molecule has 1 N–H and O–H groups in total. The first-order valence-corrected chi connectivity index (χ1v) is 13.7. The number of benzene rings is 1. The van der Waals surface area contributed by atoms with Crippen LogP contribution in [0.5, 0.6) is 0 Å². The highest BCUT2D eigenvalue weighted by atomic mass is 16.2. The van der Waals surface area contributed by atoms with E-state index < -0.39 is 12.1 Å². The van der Waals surface area contributed by atoms with Crippen LogP contribution in [-0.2, 0) is 14.4 Å². The third-order valence-corrected chi connectivity index (χ3v) is 7.91. The summed E-state index contributed by atoms with van der Waals surface area (Å²) in [7, 11) is 0. The van der Waals surface area contributed by atoms with Crippen LogP contribution in [0.15, 0.2) is 36.4 Å². The van der Waals surface area contributed by atoms with E-state index in [0.29, 0.717) is 37.8 Å². The molecule has 2 heterocycles. The Kier molecular flexibility index (Phi) is 8.35. The van der Waals surface area contributed by atoms with Crippen LogP contribution in [-0.4, -0.2) is 77.6 Å². The van der Waals surface area contributed by atoms with Gasteiger partial charge in [-0.2, -0.15) is 0 Å². The molecule has 0 bridgehead atoms. The van der Waals surface area contributed by atoms with Crippen molar-refractivity contribution in [1.82, 2.24) is 15.1 Å². The van der Waals surface area contributed by atoms with Crippen LogP contribution < -0.4 is 10.2 Å². The lowest BCUT2D eigenvalue weighted by atomic mass is 10.0. The lowest BCUT2D eigenvalue weighted by Gasteiger charge is -2.29. The molecule has 200 valence electrons. The number of nitrogens with zero attached hydrogens (tertiary/aromatic N) is 3. The Balaban J connectivity index is 1.46. The number of carbonyl (C=O) groups excluding carboxylic acids is 4. The molecular weight excluding hydrogens is 468 g/mol. The molecule has 0 spiro atoms. The minimum absolute atomic E-state index is 0.0142. The third-order valence-electron chi connectivity index (χ3n) is 7.91. The number of anilines is 1. The zero-order chi connectivity index (χ0) is 26.7. The van der Waals surface area contributed by atoms with Crippen LogP contribution in [0, 0.1) is 11.8 Å². The monoisotopic (exact) mass is 508 g/mol. The number of hydrogen-bond donors (Lipinski definition) is 1. The van der Waals surface area contributed by atoms with Gasteiger partial charge in [0.1, 0.15) is 12.1 Å². The van der Waals surface area contributed by atoms with E-state index in [1.54, 1.807) is 21.9 Å². The van der Waals surface area contributed by atoms with E-state index in [1.165, 1.54) is 0 Å². The molecule has 2 aliphatic heterocycles. The fourth-order valence-corrected chi connectivity index (χ4v) is 5.96. The van der Waals surface area contributed by atoms with Gasteiger partial charge in [0.15, 0.2) is 5.78 Å². The maximum Gasteiger partial charge on any atom is 0.251 e. The number of fused-ring (bicyclic) bond motifs is 1. The Labute approximate surface area is 220 Å². The number of Topliss-reactive ketones (excluding diaryl/α,β-unsaturated/α-hetero) is 1. The number of carbonyl (C=O) groups is 4. The second-order valence-corrected chi connectivity index (χ2v) is 10.8. The Morgan fingerprint density at radius 2 is 1.68 bits per heavy atom. The van der Waals surface area contributed by atoms with Crippen molar-refractivity contribution in [2.75, 3.05) is 31.1 Å². The molecule has 1 aromatic rings. The third kappa shape index (κ3) is 5.58. The molecule has 3 unspecified atom stereocenters. The lowest BCUT2D eigenvalue weighted by molar-refractivity contribution is -0.138. The maximum absolute atomic E-state index is 13.7. The largest absolute Gasteiger partial charge is 0.372 e. The van der Waals surface area contributed by atoms with Crippen molar-refractivity contribution in [2.24, 2.45) is 11.8 Å². The maximum atomic E-state index is 13.7. The van der Waals surface area contributed by atoms with Gasteiger partial charge in [-0.25, -0.2) is 0 Å². The number of hydrogen-bond acceptors (Lipinski definition) is 5. The van der Waals surface area contributed by atoms with Crippen LogP contribution in [0.1, 0.15) is 63.7 Å². The predicted molar refractivity (Wildman–Crippen MR) is 143 cm³/mol. The lowest BCUT2D eigenvalue weighted by Crippen LogP contribution is -2.53. The van der Waals surface area contributed by atoms with E-state index in [4.69, 9.17) is 0 Å². The summed E-state index contributed by atoms with van der Waals surface area (Å²) in [6, 6.07) is 5.80. The Hall–Kier alpha value is -3.16. The van der Waals surface area contributed by atoms with Crippen molar-refractivity contribution < 1.29 is 19.2 Å². The molecule has 1 aliphatic carbocycles. The van der Waals surface area contributed by atoms with Crippen molar-refractivity contribution in [1.29, 1.82) is 0 Å². The second kappa shape index (κ2) is 11.5. The first kappa shape index (κ1) is 26.9. The SMILES string of the molecule is CCN(CC)c1ccc(C(=O)NC(CC(C)C)C(=O)N2CCC3C2C(=O)CN3C(=O)C2CC=CC2)cc1. The molecule has 3 atom stereocenters. The van der Waals surface area contributed by atoms with Gasteiger partial charge in [0.05, 0.1) is 12.6 Å². The molecule has 0 radical (unpaired) electrons. The first-order valence-electron chi connectivity index (χ1n) is 13.7. The summed E-state index contributed by atoms with van der Waals surface area (Å²) in [6.45, 7) is 10.4. The number of rotatable bonds is 9. The summed E-state index contributed by atoms with van der Waals surface area (Å²) in [5, 5.41) is 2.95. The average Bonchev–Trinajstić information content (AvgIpc) is 3.63. The van der Waals surface area contributed by atoms with Gasteiger partial charge in [-0.1, -0.05) is 26.0 Å². The van der Waals surface area contributed by atoms with Gasteiger partial charge in [-0.05, 0) is 69.7 Å².